The van der Waals surface area contributed by atoms with Crippen molar-refractivity contribution in [1.29, 1.82) is 0 Å². The van der Waals surface area contributed by atoms with Crippen LogP contribution in [0.2, 0.25) is 0 Å². The molecule has 1 N–H and O–H groups in total. The predicted molar refractivity (Wildman–Crippen MR) is 51.6 cm³/mol. The van der Waals surface area contributed by atoms with E-state index < -0.39 is 5.97 Å². The molecule has 74 valence electrons. The molecule has 3 nitrogen and oxygen atoms in total. The minimum Gasteiger partial charge on any atom is -0.478 e. The maximum Gasteiger partial charge on any atom is 0.332 e. The van der Waals surface area contributed by atoms with E-state index in [2.05, 4.69) is 18.7 Å². The smallest absolute Gasteiger partial charge is 0.332 e. The van der Waals surface area contributed by atoms with Crippen molar-refractivity contribution in [3.63, 3.8) is 0 Å². The van der Waals surface area contributed by atoms with Gasteiger partial charge >= 0.3 is 5.97 Å². The van der Waals surface area contributed by atoms with Gasteiger partial charge in [-0.05, 0) is 12.3 Å². The lowest BCUT2D eigenvalue weighted by Gasteiger charge is -2.27. The maximum atomic E-state index is 10.7. The summed E-state index contributed by atoms with van der Waals surface area (Å²) in [5.74, 6) is -0.165. The van der Waals surface area contributed by atoms with E-state index >= 15 is 0 Å². The molecule has 0 aromatic heterocycles. The average Bonchev–Trinajstić information content (AvgIpc) is 2.03. The van der Waals surface area contributed by atoms with Gasteiger partial charge in [0.25, 0.3) is 0 Å². The maximum absolute atomic E-state index is 10.7. The van der Waals surface area contributed by atoms with E-state index in [0.717, 1.165) is 19.5 Å². The number of rotatable bonds is 3. The van der Waals surface area contributed by atoms with Crippen LogP contribution in [-0.4, -0.2) is 35.6 Å². The normalized spacial score (nSPS) is 18.8. The molecule has 0 amide bonds. The van der Waals surface area contributed by atoms with Crippen LogP contribution in [0, 0.1) is 5.92 Å². The van der Waals surface area contributed by atoms with Gasteiger partial charge in [0.15, 0.2) is 0 Å². The molecule has 1 rings (SSSR count). The lowest BCUT2D eigenvalue weighted by atomic mass is 10.1. The first-order chi connectivity index (χ1) is 6.09. The van der Waals surface area contributed by atoms with Crippen LogP contribution >= 0.6 is 0 Å². The Hall–Kier alpha value is -0.830. The van der Waals surface area contributed by atoms with Crippen molar-refractivity contribution < 1.29 is 9.90 Å². The van der Waals surface area contributed by atoms with Crippen LogP contribution in [0.3, 0.4) is 0 Å². The summed E-state index contributed by atoms with van der Waals surface area (Å²) in [6.07, 6.45) is 2.70. The summed E-state index contributed by atoms with van der Waals surface area (Å²) in [6, 6.07) is 0. The quantitative estimate of drug-likeness (QED) is 0.718. The SMILES string of the molecule is CC(C)CN1CCC=C(C(=O)O)C1. The molecule has 0 atom stereocenters. The van der Waals surface area contributed by atoms with Gasteiger partial charge in [-0.25, -0.2) is 4.79 Å². The van der Waals surface area contributed by atoms with Gasteiger partial charge < -0.3 is 5.11 Å². The van der Waals surface area contributed by atoms with Gasteiger partial charge in [-0.3, -0.25) is 4.90 Å². The van der Waals surface area contributed by atoms with Crippen LogP contribution in [-0.2, 0) is 4.79 Å². The Balaban J connectivity index is 2.48. The standard InChI is InChI=1S/C10H17NO2/c1-8(2)6-11-5-3-4-9(7-11)10(12)13/h4,8H,3,5-7H2,1-2H3,(H,12,13). The van der Waals surface area contributed by atoms with Crippen LogP contribution in [0.4, 0.5) is 0 Å². The van der Waals surface area contributed by atoms with Gasteiger partial charge in [0.2, 0.25) is 0 Å². The zero-order chi connectivity index (χ0) is 9.84. The van der Waals surface area contributed by atoms with Crippen molar-refractivity contribution in [3.8, 4) is 0 Å². The molecule has 0 saturated heterocycles. The number of carboxylic acids is 1. The minimum atomic E-state index is -0.770. The summed E-state index contributed by atoms with van der Waals surface area (Å²) in [4.78, 5) is 12.9. The van der Waals surface area contributed by atoms with E-state index in [1.807, 2.05) is 6.08 Å². The predicted octanol–water partition coefficient (Wildman–Crippen LogP) is 1.36. The molecule has 13 heavy (non-hydrogen) atoms. The summed E-state index contributed by atoms with van der Waals surface area (Å²) in [7, 11) is 0. The van der Waals surface area contributed by atoms with Gasteiger partial charge in [-0.1, -0.05) is 19.9 Å². The van der Waals surface area contributed by atoms with Crippen molar-refractivity contribution in [3.05, 3.63) is 11.6 Å². The molecule has 0 unspecified atom stereocenters. The van der Waals surface area contributed by atoms with Gasteiger partial charge in [-0.2, -0.15) is 0 Å². The minimum absolute atomic E-state index is 0.548. The molecule has 0 aliphatic carbocycles. The van der Waals surface area contributed by atoms with Gasteiger partial charge in [0.1, 0.15) is 0 Å². The Labute approximate surface area is 79.0 Å². The highest BCUT2D eigenvalue weighted by atomic mass is 16.4. The zero-order valence-corrected chi connectivity index (χ0v) is 8.29. The Bertz CT molecular complexity index is 221. The van der Waals surface area contributed by atoms with Crippen LogP contribution in [0.25, 0.3) is 0 Å². The highest BCUT2D eigenvalue weighted by Gasteiger charge is 2.17. The van der Waals surface area contributed by atoms with E-state index in [0.29, 0.717) is 18.0 Å². The third-order valence-electron chi connectivity index (χ3n) is 2.13. The zero-order valence-electron chi connectivity index (χ0n) is 8.29. The van der Waals surface area contributed by atoms with Crippen LogP contribution in [0.1, 0.15) is 20.3 Å². The summed E-state index contributed by atoms with van der Waals surface area (Å²) in [6.45, 7) is 6.89. The lowest BCUT2D eigenvalue weighted by molar-refractivity contribution is -0.133. The molecule has 1 aliphatic rings. The first-order valence-corrected chi connectivity index (χ1v) is 4.74. The second-order valence-electron chi connectivity index (χ2n) is 3.95. The van der Waals surface area contributed by atoms with E-state index in [-0.39, 0.29) is 0 Å². The van der Waals surface area contributed by atoms with Gasteiger partial charge in [0.05, 0.1) is 0 Å². The molecular formula is C10H17NO2. The van der Waals surface area contributed by atoms with Crippen LogP contribution in [0.15, 0.2) is 11.6 Å². The average molecular weight is 183 g/mol. The van der Waals surface area contributed by atoms with E-state index in [1.165, 1.54) is 0 Å². The fraction of sp³-hybridized carbons (Fsp3) is 0.700. The third-order valence-corrected chi connectivity index (χ3v) is 2.13. The molecule has 0 saturated carbocycles. The Morgan fingerprint density at radius 3 is 2.92 bits per heavy atom. The Kier molecular flexibility index (Phi) is 3.48. The summed E-state index contributed by atoms with van der Waals surface area (Å²) in [5.41, 5.74) is 0.548. The van der Waals surface area contributed by atoms with Crippen LogP contribution in [0.5, 0.6) is 0 Å². The monoisotopic (exact) mass is 183 g/mol. The van der Waals surface area contributed by atoms with E-state index in [4.69, 9.17) is 5.11 Å². The molecule has 0 radical (unpaired) electrons. The van der Waals surface area contributed by atoms with Gasteiger partial charge in [-0.15, -0.1) is 0 Å². The summed E-state index contributed by atoms with van der Waals surface area (Å²) < 4.78 is 0. The highest BCUT2D eigenvalue weighted by Crippen LogP contribution is 2.11. The molecule has 1 heterocycles. The fourth-order valence-electron chi connectivity index (χ4n) is 1.63. The topological polar surface area (TPSA) is 40.5 Å². The molecule has 1 aliphatic heterocycles. The first-order valence-electron chi connectivity index (χ1n) is 4.74. The van der Waals surface area contributed by atoms with Crippen LogP contribution < -0.4 is 0 Å². The molecule has 0 spiro atoms. The molecule has 0 fully saturated rings. The van der Waals surface area contributed by atoms with Crippen molar-refractivity contribution in [1.82, 2.24) is 4.90 Å². The number of hydrogen-bond acceptors (Lipinski definition) is 2. The number of carboxylic acid groups (broad SMARTS) is 1. The first kappa shape index (κ1) is 10.3. The van der Waals surface area contributed by atoms with Gasteiger partial charge in [0, 0.05) is 25.2 Å². The number of aliphatic carboxylic acids is 1. The third kappa shape index (κ3) is 3.19. The number of carbonyl (C=O) groups is 1. The number of nitrogens with zero attached hydrogens (tertiary/aromatic N) is 1. The molecule has 0 aromatic carbocycles. The van der Waals surface area contributed by atoms with Crippen molar-refractivity contribution in [2.45, 2.75) is 20.3 Å². The molecule has 3 heteroatoms. The second kappa shape index (κ2) is 4.42. The number of hydrogen-bond donors (Lipinski definition) is 1. The van der Waals surface area contributed by atoms with Crippen molar-refractivity contribution in [2.24, 2.45) is 5.92 Å². The molecular weight excluding hydrogens is 166 g/mol. The second-order valence-corrected chi connectivity index (χ2v) is 3.95. The van der Waals surface area contributed by atoms with E-state index in [9.17, 15) is 4.79 Å². The molecule has 0 bridgehead atoms. The largest absolute Gasteiger partial charge is 0.478 e. The lowest BCUT2D eigenvalue weighted by Crippen LogP contribution is -2.34. The fourth-order valence-corrected chi connectivity index (χ4v) is 1.63. The summed E-state index contributed by atoms with van der Waals surface area (Å²) in [5, 5.41) is 8.80. The van der Waals surface area contributed by atoms with E-state index in [1.54, 1.807) is 0 Å². The molecule has 0 aromatic rings. The van der Waals surface area contributed by atoms with Crippen molar-refractivity contribution in [2.75, 3.05) is 19.6 Å². The highest BCUT2D eigenvalue weighted by molar-refractivity contribution is 5.87. The summed E-state index contributed by atoms with van der Waals surface area (Å²) >= 11 is 0. The Morgan fingerprint density at radius 2 is 2.38 bits per heavy atom. The van der Waals surface area contributed by atoms with Crippen molar-refractivity contribution >= 4 is 5.97 Å². The Morgan fingerprint density at radius 1 is 1.69 bits per heavy atom.